The van der Waals surface area contributed by atoms with Crippen molar-refractivity contribution in [2.24, 2.45) is 0 Å². The molecular formula is C16H17BrN2O. The van der Waals surface area contributed by atoms with Gasteiger partial charge in [0.05, 0.1) is 0 Å². The average molecular weight is 333 g/mol. The standard InChI is InChI=1S/C16H17BrN2O/c1-10(2)12-7-4-6-11(3)15(12)19-16(20)13-8-5-9-14(17)18-13/h4-10H,1-3H3,(H,19,20). The van der Waals surface area contributed by atoms with Gasteiger partial charge in [0.2, 0.25) is 0 Å². The lowest BCUT2D eigenvalue weighted by Gasteiger charge is -2.16. The summed E-state index contributed by atoms with van der Waals surface area (Å²) in [5.74, 6) is 0.156. The summed E-state index contributed by atoms with van der Waals surface area (Å²) in [7, 11) is 0. The first kappa shape index (κ1) is 14.7. The van der Waals surface area contributed by atoms with Gasteiger partial charge in [0, 0.05) is 5.69 Å². The van der Waals surface area contributed by atoms with Crippen LogP contribution >= 0.6 is 15.9 Å². The fourth-order valence-corrected chi connectivity index (χ4v) is 2.40. The minimum absolute atomic E-state index is 0.192. The second kappa shape index (κ2) is 6.18. The molecule has 0 bridgehead atoms. The summed E-state index contributed by atoms with van der Waals surface area (Å²) >= 11 is 3.28. The smallest absolute Gasteiger partial charge is 0.274 e. The van der Waals surface area contributed by atoms with E-state index in [0.29, 0.717) is 16.2 Å². The average Bonchev–Trinajstić information content (AvgIpc) is 2.40. The number of amides is 1. The highest BCUT2D eigenvalue weighted by molar-refractivity contribution is 9.10. The molecule has 0 spiro atoms. The van der Waals surface area contributed by atoms with Gasteiger partial charge in [0.25, 0.3) is 5.91 Å². The number of benzene rings is 1. The third-order valence-electron chi connectivity index (χ3n) is 3.11. The molecular weight excluding hydrogens is 316 g/mol. The van der Waals surface area contributed by atoms with Gasteiger partial charge in [-0.15, -0.1) is 0 Å². The molecule has 0 fully saturated rings. The molecule has 20 heavy (non-hydrogen) atoms. The molecule has 0 radical (unpaired) electrons. The van der Waals surface area contributed by atoms with Crippen molar-refractivity contribution < 1.29 is 4.79 Å². The zero-order valence-electron chi connectivity index (χ0n) is 11.8. The van der Waals surface area contributed by atoms with Gasteiger partial charge in [0.15, 0.2) is 0 Å². The topological polar surface area (TPSA) is 42.0 Å². The van der Waals surface area contributed by atoms with E-state index in [-0.39, 0.29) is 5.91 Å². The Hall–Kier alpha value is -1.68. The number of rotatable bonds is 3. The van der Waals surface area contributed by atoms with Crippen LogP contribution in [0.3, 0.4) is 0 Å². The summed E-state index contributed by atoms with van der Waals surface area (Å²) < 4.78 is 0.652. The van der Waals surface area contributed by atoms with E-state index in [4.69, 9.17) is 0 Å². The van der Waals surface area contributed by atoms with Gasteiger partial charge in [-0.1, -0.05) is 38.1 Å². The number of nitrogens with zero attached hydrogens (tertiary/aromatic N) is 1. The first-order valence-corrected chi connectivity index (χ1v) is 7.31. The van der Waals surface area contributed by atoms with Crippen LogP contribution in [0.4, 0.5) is 5.69 Å². The SMILES string of the molecule is Cc1cccc(C(C)C)c1NC(=O)c1cccc(Br)n1. The maximum Gasteiger partial charge on any atom is 0.274 e. The van der Waals surface area contributed by atoms with Gasteiger partial charge in [-0.05, 0) is 52.0 Å². The highest BCUT2D eigenvalue weighted by atomic mass is 79.9. The number of aryl methyl sites for hydroxylation is 1. The van der Waals surface area contributed by atoms with E-state index in [1.54, 1.807) is 18.2 Å². The lowest BCUT2D eigenvalue weighted by atomic mass is 9.98. The molecule has 0 aliphatic rings. The molecule has 0 atom stereocenters. The van der Waals surface area contributed by atoms with E-state index in [1.807, 2.05) is 25.1 Å². The van der Waals surface area contributed by atoms with Gasteiger partial charge in [-0.3, -0.25) is 4.79 Å². The highest BCUT2D eigenvalue weighted by Gasteiger charge is 2.14. The summed E-state index contributed by atoms with van der Waals surface area (Å²) in [4.78, 5) is 16.5. The fraction of sp³-hybridized carbons (Fsp3) is 0.250. The van der Waals surface area contributed by atoms with Crippen LogP contribution < -0.4 is 5.32 Å². The van der Waals surface area contributed by atoms with Crippen molar-refractivity contribution >= 4 is 27.5 Å². The molecule has 104 valence electrons. The Morgan fingerprint density at radius 2 is 1.90 bits per heavy atom. The predicted octanol–water partition coefficient (Wildman–Crippen LogP) is 4.53. The number of anilines is 1. The lowest BCUT2D eigenvalue weighted by molar-refractivity contribution is 0.102. The first-order chi connectivity index (χ1) is 9.49. The van der Waals surface area contributed by atoms with Crippen molar-refractivity contribution in [3.63, 3.8) is 0 Å². The Kier molecular flexibility index (Phi) is 4.55. The monoisotopic (exact) mass is 332 g/mol. The van der Waals surface area contributed by atoms with Gasteiger partial charge < -0.3 is 5.32 Å². The highest BCUT2D eigenvalue weighted by Crippen LogP contribution is 2.27. The third-order valence-corrected chi connectivity index (χ3v) is 3.55. The number of halogens is 1. The molecule has 0 saturated heterocycles. The van der Waals surface area contributed by atoms with Crippen LogP contribution in [0.5, 0.6) is 0 Å². The van der Waals surface area contributed by atoms with Crippen LogP contribution in [0, 0.1) is 6.92 Å². The Bertz CT molecular complexity index is 638. The van der Waals surface area contributed by atoms with Gasteiger partial charge in [-0.2, -0.15) is 0 Å². The number of carbonyl (C=O) groups is 1. The van der Waals surface area contributed by atoms with Crippen LogP contribution in [-0.2, 0) is 0 Å². The molecule has 0 unspecified atom stereocenters. The number of aromatic nitrogens is 1. The Balaban J connectivity index is 2.33. The third kappa shape index (κ3) is 3.25. The van der Waals surface area contributed by atoms with Crippen LogP contribution in [0.2, 0.25) is 0 Å². The molecule has 1 amide bonds. The van der Waals surface area contributed by atoms with Crippen LogP contribution in [0.15, 0.2) is 41.0 Å². The molecule has 2 rings (SSSR count). The summed E-state index contributed by atoms with van der Waals surface area (Å²) in [6.45, 7) is 6.22. The second-order valence-corrected chi connectivity index (χ2v) is 5.81. The van der Waals surface area contributed by atoms with E-state index in [2.05, 4.69) is 40.1 Å². The van der Waals surface area contributed by atoms with Gasteiger partial charge in [-0.25, -0.2) is 4.98 Å². The number of para-hydroxylation sites is 1. The normalized spacial score (nSPS) is 10.7. The van der Waals surface area contributed by atoms with Crippen molar-refractivity contribution in [3.8, 4) is 0 Å². The summed E-state index contributed by atoms with van der Waals surface area (Å²) in [6, 6.07) is 11.3. The molecule has 2 aromatic rings. The number of pyridine rings is 1. The maximum absolute atomic E-state index is 12.3. The molecule has 4 heteroatoms. The molecule has 1 heterocycles. The Morgan fingerprint density at radius 3 is 2.55 bits per heavy atom. The van der Waals surface area contributed by atoms with E-state index >= 15 is 0 Å². The minimum atomic E-state index is -0.192. The summed E-state index contributed by atoms with van der Waals surface area (Å²) in [6.07, 6.45) is 0. The number of hydrogen-bond acceptors (Lipinski definition) is 2. The molecule has 1 aromatic carbocycles. The molecule has 1 aromatic heterocycles. The van der Waals surface area contributed by atoms with Crippen LogP contribution in [-0.4, -0.2) is 10.9 Å². The van der Waals surface area contributed by atoms with E-state index in [1.165, 1.54) is 0 Å². The molecule has 0 aliphatic heterocycles. The zero-order valence-corrected chi connectivity index (χ0v) is 13.4. The molecule has 0 saturated carbocycles. The molecule has 1 N–H and O–H groups in total. The number of carbonyl (C=O) groups excluding carboxylic acids is 1. The minimum Gasteiger partial charge on any atom is -0.320 e. The quantitative estimate of drug-likeness (QED) is 0.839. The summed E-state index contributed by atoms with van der Waals surface area (Å²) in [5.41, 5.74) is 3.47. The van der Waals surface area contributed by atoms with Crippen molar-refractivity contribution in [1.82, 2.24) is 4.98 Å². The summed E-state index contributed by atoms with van der Waals surface area (Å²) in [5, 5.41) is 2.98. The Morgan fingerprint density at radius 1 is 1.20 bits per heavy atom. The van der Waals surface area contributed by atoms with E-state index in [0.717, 1.165) is 16.8 Å². The van der Waals surface area contributed by atoms with E-state index < -0.39 is 0 Å². The maximum atomic E-state index is 12.3. The number of nitrogens with one attached hydrogen (secondary N) is 1. The Labute approximate surface area is 127 Å². The van der Waals surface area contributed by atoms with E-state index in [9.17, 15) is 4.79 Å². The lowest BCUT2D eigenvalue weighted by Crippen LogP contribution is -2.16. The van der Waals surface area contributed by atoms with Crippen molar-refractivity contribution in [2.75, 3.05) is 5.32 Å². The molecule has 3 nitrogen and oxygen atoms in total. The predicted molar refractivity (Wildman–Crippen MR) is 85.2 cm³/mol. The van der Waals surface area contributed by atoms with Crippen LogP contribution in [0.1, 0.15) is 41.4 Å². The zero-order chi connectivity index (χ0) is 14.7. The first-order valence-electron chi connectivity index (χ1n) is 6.52. The van der Waals surface area contributed by atoms with Crippen molar-refractivity contribution in [3.05, 3.63) is 57.8 Å². The largest absolute Gasteiger partial charge is 0.320 e. The fourth-order valence-electron chi connectivity index (χ4n) is 2.05. The molecule has 0 aliphatic carbocycles. The van der Waals surface area contributed by atoms with Crippen molar-refractivity contribution in [1.29, 1.82) is 0 Å². The number of hydrogen-bond donors (Lipinski definition) is 1. The van der Waals surface area contributed by atoms with Gasteiger partial charge in [0.1, 0.15) is 10.3 Å². The van der Waals surface area contributed by atoms with Gasteiger partial charge >= 0.3 is 0 Å². The van der Waals surface area contributed by atoms with Crippen molar-refractivity contribution in [2.45, 2.75) is 26.7 Å². The second-order valence-electron chi connectivity index (χ2n) is 4.99. The van der Waals surface area contributed by atoms with Crippen LogP contribution in [0.25, 0.3) is 0 Å².